The van der Waals surface area contributed by atoms with Crippen molar-refractivity contribution in [3.8, 4) is 0 Å². The van der Waals surface area contributed by atoms with Crippen molar-refractivity contribution in [2.75, 3.05) is 20.3 Å². The zero-order chi connectivity index (χ0) is 10.9. The Morgan fingerprint density at radius 2 is 2.47 bits per heavy atom. The van der Waals surface area contributed by atoms with E-state index in [4.69, 9.17) is 4.74 Å². The third-order valence-corrected chi connectivity index (χ3v) is 1.86. The first kappa shape index (κ1) is 11.9. The number of allylic oxidation sites excluding steroid dienone is 1. The first-order valence-corrected chi connectivity index (χ1v) is 5.09. The normalized spacial score (nSPS) is 11.3. The van der Waals surface area contributed by atoms with Crippen LogP contribution in [0.3, 0.4) is 0 Å². The monoisotopic (exact) mass is 210 g/mol. The molecule has 15 heavy (non-hydrogen) atoms. The highest BCUT2D eigenvalue weighted by atomic mass is 16.5. The van der Waals surface area contributed by atoms with E-state index >= 15 is 0 Å². The summed E-state index contributed by atoms with van der Waals surface area (Å²) in [6.07, 6.45) is 5.88. The lowest BCUT2D eigenvalue weighted by Gasteiger charge is -2.00. The maximum absolute atomic E-state index is 5.36. The van der Waals surface area contributed by atoms with E-state index in [1.165, 1.54) is 0 Å². The quantitative estimate of drug-likeness (QED) is 0.528. The molecule has 1 aromatic rings. The Hall–Kier alpha value is -1.20. The molecule has 0 aliphatic rings. The number of nitrogens with one attached hydrogen (secondary N) is 1. The van der Waals surface area contributed by atoms with E-state index in [1.54, 1.807) is 4.68 Å². The topological polar surface area (TPSA) is 52.0 Å². The van der Waals surface area contributed by atoms with Crippen LogP contribution in [0, 0.1) is 0 Å². The summed E-state index contributed by atoms with van der Waals surface area (Å²) in [6.45, 7) is 4.79. The van der Waals surface area contributed by atoms with Crippen LogP contribution in [-0.4, -0.2) is 35.3 Å². The number of hydrogen-bond donors (Lipinski definition) is 1. The van der Waals surface area contributed by atoms with Crippen LogP contribution in [0.15, 0.2) is 18.3 Å². The van der Waals surface area contributed by atoms with Crippen molar-refractivity contribution in [3.05, 3.63) is 24.0 Å². The molecule has 5 heteroatoms. The smallest absolute Gasteiger partial charge is 0.0964 e. The van der Waals surface area contributed by atoms with Crippen molar-refractivity contribution >= 4 is 0 Å². The lowest BCUT2D eigenvalue weighted by atomic mass is 10.5. The Bertz CT molecular complexity index is 295. The molecule has 0 aromatic carbocycles. The van der Waals surface area contributed by atoms with Gasteiger partial charge in [-0.15, -0.1) is 5.10 Å². The van der Waals surface area contributed by atoms with E-state index in [9.17, 15) is 0 Å². The van der Waals surface area contributed by atoms with Crippen molar-refractivity contribution in [1.29, 1.82) is 0 Å². The highest BCUT2D eigenvalue weighted by molar-refractivity contribution is 4.90. The summed E-state index contributed by atoms with van der Waals surface area (Å²) in [6, 6.07) is 0. The first-order chi connectivity index (χ1) is 7.36. The van der Waals surface area contributed by atoms with Crippen LogP contribution in [0.1, 0.15) is 12.6 Å². The Labute approximate surface area is 90.1 Å². The third-order valence-electron chi connectivity index (χ3n) is 1.86. The average Bonchev–Trinajstić information content (AvgIpc) is 2.66. The summed E-state index contributed by atoms with van der Waals surface area (Å²) in [5, 5.41) is 11.0. The molecule has 0 fully saturated rings. The number of ether oxygens (including phenoxy) is 1. The van der Waals surface area contributed by atoms with Crippen LogP contribution in [0.2, 0.25) is 0 Å². The third kappa shape index (κ3) is 4.71. The minimum atomic E-state index is 0.659. The number of nitrogens with zero attached hydrogens (tertiary/aromatic N) is 3. The maximum atomic E-state index is 5.36. The molecular weight excluding hydrogens is 192 g/mol. The van der Waals surface area contributed by atoms with E-state index in [2.05, 4.69) is 15.6 Å². The Morgan fingerprint density at radius 1 is 1.60 bits per heavy atom. The van der Waals surface area contributed by atoms with Gasteiger partial charge < -0.3 is 10.1 Å². The van der Waals surface area contributed by atoms with Crippen molar-refractivity contribution in [2.24, 2.45) is 0 Å². The molecule has 0 bridgehead atoms. The van der Waals surface area contributed by atoms with Gasteiger partial charge in [0.1, 0.15) is 0 Å². The molecule has 0 aliphatic carbocycles. The molecule has 0 amide bonds. The van der Waals surface area contributed by atoms with Crippen LogP contribution in [-0.2, 0) is 17.8 Å². The zero-order valence-corrected chi connectivity index (χ0v) is 9.31. The van der Waals surface area contributed by atoms with Gasteiger partial charge in [0, 0.05) is 12.7 Å². The fourth-order valence-electron chi connectivity index (χ4n) is 1.12. The molecule has 84 valence electrons. The van der Waals surface area contributed by atoms with Gasteiger partial charge in [0.15, 0.2) is 0 Å². The van der Waals surface area contributed by atoms with Gasteiger partial charge in [0.25, 0.3) is 0 Å². The highest BCUT2D eigenvalue weighted by Gasteiger charge is 1.98. The van der Waals surface area contributed by atoms with Crippen molar-refractivity contribution in [1.82, 2.24) is 20.3 Å². The molecule has 0 saturated heterocycles. The number of rotatable bonds is 7. The molecule has 0 saturated carbocycles. The summed E-state index contributed by atoms with van der Waals surface area (Å²) in [5.41, 5.74) is 0.950. The molecule has 0 spiro atoms. The maximum Gasteiger partial charge on any atom is 0.0964 e. The summed E-state index contributed by atoms with van der Waals surface area (Å²) in [5.74, 6) is 0. The van der Waals surface area contributed by atoms with Crippen LogP contribution in [0.25, 0.3) is 0 Å². The predicted molar refractivity (Wildman–Crippen MR) is 58.4 cm³/mol. The van der Waals surface area contributed by atoms with Gasteiger partial charge >= 0.3 is 0 Å². The fraction of sp³-hybridized carbons (Fsp3) is 0.600. The Balaban J connectivity index is 2.19. The average molecular weight is 210 g/mol. The van der Waals surface area contributed by atoms with Gasteiger partial charge in [-0.3, -0.25) is 0 Å². The molecule has 5 nitrogen and oxygen atoms in total. The Morgan fingerprint density at radius 3 is 3.20 bits per heavy atom. The Kier molecular flexibility index (Phi) is 5.65. The summed E-state index contributed by atoms with van der Waals surface area (Å²) in [4.78, 5) is 0. The van der Waals surface area contributed by atoms with E-state index in [-0.39, 0.29) is 0 Å². The molecule has 1 aromatic heterocycles. The van der Waals surface area contributed by atoms with E-state index < -0.39 is 0 Å². The van der Waals surface area contributed by atoms with E-state index in [0.717, 1.165) is 18.8 Å². The second kappa shape index (κ2) is 7.14. The minimum absolute atomic E-state index is 0.659. The van der Waals surface area contributed by atoms with Gasteiger partial charge in [-0.1, -0.05) is 17.4 Å². The van der Waals surface area contributed by atoms with Crippen molar-refractivity contribution < 1.29 is 4.74 Å². The second-order valence-electron chi connectivity index (χ2n) is 3.15. The predicted octanol–water partition coefficient (Wildman–Crippen LogP) is 0.590. The van der Waals surface area contributed by atoms with Gasteiger partial charge in [0.05, 0.1) is 25.5 Å². The first-order valence-electron chi connectivity index (χ1n) is 5.09. The van der Waals surface area contributed by atoms with Crippen LogP contribution >= 0.6 is 0 Å². The van der Waals surface area contributed by atoms with Gasteiger partial charge in [-0.25, -0.2) is 4.68 Å². The van der Waals surface area contributed by atoms with Crippen LogP contribution in [0.4, 0.5) is 0 Å². The number of hydrogen-bond acceptors (Lipinski definition) is 4. The van der Waals surface area contributed by atoms with E-state index in [1.807, 2.05) is 32.3 Å². The second-order valence-corrected chi connectivity index (χ2v) is 3.15. The molecule has 1 rings (SSSR count). The lowest BCUT2D eigenvalue weighted by molar-refractivity contribution is 0.149. The zero-order valence-electron chi connectivity index (χ0n) is 9.31. The lowest BCUT2D eigenvalue weighted by Crippen LogP contribution is -2.07. The molecule has 1 N–H and O–H groups in total. The summed E-state index contributed by atoms with van der Waals surface area (Å²) < 4.78 is 7.15. The molecule has 0 radical (unpaired) electrons. The molecule has 0 atom stereocenters. The molecule has 1 heterocycles. The minimum Gasteiger partial charge on any atom is -0.375 e. The molecular formula is C10H18N4O. The van der Waals surface area contributed by atoms with E-state index in [0.29, 0.717) is 13.2 Å². The standard InChI is InChI=1S/C10H18N4O/c1-3-4-6-15-7-5-14-9-10(8-11-2)12-13-14/h3-4,9,11H,5-8H2,1-2H3. The van der Waals surface area contributed by atoms with Crippen LogP contribution < -0.4 is 5.32 Å². The van der Waals surface area contributed by atoms with Crippen LogP contribution in [0.5, 0.6) is 0 Å². The van der Waals surface area contributed by atoms with Crippen molar-refractivity contribution in [2.45, 2.75) is 20.0 Å². The fourth-order valence-corrected chi connectivity index (χ4v) is 1.12. The van der Waals surface area contributed by atoms with Gasteiger partial charge in [0.2, 0.25) is 0 Å². The number of aromatic nitrogens is 3. The SMILES string of the molecule is CC=CCOCCn1cc(CNC)nn1. The van der Waals surface area contributed by atoms with Gasteiger partial charge in [-0.05, 0) is 14.0 Å². The summed E-state index contributed by atoms with van der Waals surface area (Å²) >= 11 is 0. The summed E-state index contributed by atoms with van der Waals surface area (Å²) in [7, 11) is 1.89. The molecule has 0 aliphatic heterocycles. The largest absolute Gasteiger partial charge is 0.375 e. The van der Waals surface area contributed by atoms with Crippen molar-refractivity contribution in [3.63, 3.8) is 0 Å². The van der Waals surface area contributed by atoms with Gasteiger partial charge in [-0.2, -0.15) is 0 Å². The highest BCUT2D eigenvalue weighted by Crippen LogP contribution is 1.92. The molecule has 0 unspecified atom stereocenters.